The first-order chi connectivity index (χ1) is 13.9. The van der Waals surface area contributed by atoms with E-state index < -0.39 is 9.84 Å². The van der Waals surface area contributed by atoms with E-state index in [9.17, 15) is 13.2 Å². The number of rotatable bonds is 9. The molecule has 8 nitrogen and oxygen atoms in total. The fraction of sp³-hybridized carbons (Fsp3) is 0.450. The number of methoxy groups -OCH3 is 1. The number of hydrogen-bond donors (Lipinski definition) is 0. The lowest BCUT2D eigenvalue weighted by atomic mass is 10.1. The van der Waals surface area contributed by atoms with E-state index in [1.807, 2.05) is 24.3 Å². The molecule has 2 aromatic rings. The van der Waals surface area contributed by atoms with Gasteiger partial charge in [-0.3, -0.25) is 4.79 Å². The molecule has 156 valence electrons. The van der Waals surface area contributed by atoms with Crippen LogP contribution in [0, 0.1) is 0 Å². The summed E-state index contributed by atoms with van der Waals surface area (Å²) in [5.74, 6) is 1.70. The largest absolute Gasteiger partial charge is 0.497 e. The predicted octanol–water partition coefficient (Wildman–Crippen LogP) is 2.27. The van der Waals surface area contributed by atoms with Gasteiger partial charge in [-0.05, 0) is 25.0 Å². The number of sulfone groups is 1. The Morgan fingerprint density at radius 2 is 2.28 bits per heavy atom. The first-order valence-electron chi connectivity index (χ1n) is 9.49. The van der Waals surface area contributed by atoms with Crippen molar-refractivity contribution in [1.82, 2.24) is 15.0 Å². The Balaban J connectivity index is 1.55. The maximum atomic E-state index is 12.6. The lowest BCUT2D eigenvalue weighted by Gasteiger charge is -2.27. The van der Waals surface area contributed by atoms with Crippen LogP contribution >= 0.6 is 0 Å². The van der Waals surface area contributed by atoms with Crippen molar-refractivity contribution >= 4 is 15.7 Å². The van der Waals surface area contributed by atoms with Gasteiger partial charge in [0.2, 0.25) is 17.6 Å². The Morgan fingerprint density at radius 3 is 2.97 bits per heavy atom. The molecule has 1 aliphatic heterocycles. The molecule has 1 aliphatic rings. The standard InChI is InChI=1S/C20H25N3O5S/c1-3-11-23(16-10-12-29(25,26)14-16)19(24)9-5-8-18-21-20(22-28-18)15-6-4-7-17(13-15)27-2/h3-4,6-7,13,16H,1,5,8-12,14H2,2H3/t16-/m0/s1. The topological polar surface area (TPSA) is 103 Å². The van der Waals surface area contributed by atoms with E-state index in [0.29, 0.717) is 43.3 Å². The van der Waals surface area contributed by atoms with E-state index in [4.69, 9.17) is 9.26 Å². The zero-order chi connectivity index (χ0) is 20.9. The molecule has 0 radical (unpaired) electrons. The second-order valence-electron chi connectivity index (χ2n) is 6.99. The normalized spacial score (nSPS) is 17.8. The summed E-state index contributed by atoms with van der Waals surface area (Å²) in [4.78, 5) is 18.6. The zero-order valence-corrected chi connectivity index (χ0v) is 17.2. The molecule has 0 N–H and O–H groups in total. The van der Waals surface area contributed by atoms with Crippen molar-refractivity contribution < 1.29 is 22.5 Å². The molecule has 0 saturated carbocycles. The van der Waals surface area contributed by atoms with Crippen molar-refractivity contribution in [1.29, 1.82) is 0 Å². The molecule has 3 rings (SSSR count). The molecule has 29 heavy (non-hydrogen) atoms. The number of ether oxygens (including phenoxy) is 1. The number of aromatic nitrogens is 2. The van der Waals surface area contributed by atoms with Crippen molar-refractivity contribution in [2.75, 3.05) is 25.2 Å². The van der Waals surface area contributed by atoms with Crippen LogP contribution in [0.5, 0.6) is 5.75 Å². The minimum absolute atomic E-state index is 0.0279. The highest BCUT2D eigenvalue weighted by Gasteiger charge is 2.33. The Kier molecular flexibility index (Phi) is 6.68. The zero-order valence-electron chi connectivity index (χ0n) is 16.4. The van der Waals surface area contributed by atoms with Gasteiger partial charge in [0.25, 0.3) is 0 Å². The van der Waals surface area contributed by atoms with E-state index in [0.717, 1.165) is 5.56 Å². The Hall–Kier alpha value is -2.68. The molecule has 0 aliphatic carbocycles. The summed E-state index contributed by atoms with van der Waals surface area (Å²) < 4.78 is 33.9. The SMILES string of the molecule is C=CCN(C(=O)CCCc1nc(-c2cccc(OC)c2)no1)[C@H]1CCS(=O)(=O)C1. The van der Waals surface area contributed by atoms with Crippen molar-refractivity contribution in [2.24, 2.45) is 0 Å². The summed E-state index contributed by atoms with van der Waals surface area (Å²) in [6.07, 6.45) is 3.39. The van der Waals surface area contributed by atoms with Crippen LogP contribution in [0.4, 0.5) is 0 Å². The molecule has 1 fully saturated rings. The molecular formula is C20H25N3O5S. The Bertz CT molecular complexity index is 970. The van der Waals surface area contributed by atoms with Crippen molar-refractivity contribution in [3.05, 3.63) is 42.8 Å². The third-order valence-corrected chi connectivity index (χ3v) is 6.62. The smallest absolute Gasteiger partial charge is 0.226 e. The molecule has 1 aromatic heterocycles. The predicted molar refractivity (Wildman–Crippen MR) is 108 cm³/mol. The highest BCUT2D eigenvalue weighted by Crippen LogP contribution is 2.22. The lowest BCUT2D eigenvalue weighted by molar-refractivity contribution is -0.132. The minimum Gasteiger partial charge on any atom is -0.497 e. The maximum absolute atomic E-state index is 12.6. The molecule has 1 saturated heterocycles. The van der Waals surface area contributed by atoms with Gasteiger partial charge in [-0.15, -0.1) is 6.58 Å². The number of carbonyl (C=O) groups is 1. The summed E-state index contributed by atoms with van der Waals surface area (Å²) in [5.41, 5.74) is 0.787. The monoisotopic (exact) mass is 419 g/mol. The highest BCUT2D eigenvalue weighted by molar-refractivity contribution is 7.91. The minimum atomic E-state index is -3.05. The van der Waals surface area contributed by atoms with E-state index in [1.165, 1.54) is 0 Å². The molecule has 0 spiro atoms. The third-order valence-electron chi connectivity index (χ3n) is 4.87. The van der Waals surface area contributed by atoms with Gasteiger partial charge in [-0.1, -0.05) is 23.4 Å². The molecule has 0 bridgehead atoms. The quantitative estimate of drug-likeness (QED) is 0.575. The second kappa shape index (κ2) is 9.21. The van der Waals surface area contributed by atoms with Crippen molar-refractivity contribution in [3.8, 4) is 17.1 Å². The number of nitrogens with zero attached hydrogens (tertiary/aromatic N) is 3. The Morgan fingerprint density at radius 1 is 1.45 bits per heavy atom. The lowest BCUT2D eigenvalue weighted by Crippen LogP contribution is -2.41. The molecule has 1 amide bonds. The molecule has 0 unspecified atom stereocenters. The van der Waals surface area contributed by atoms with Gasteiger partial charge in [-0.2, -0.15) is 4.98 Å². The van der Waals surface area contributed by atoms with Gasteiger partial charge in [0, 0.05) is 31.0 Å². The molecule has 1 atom stereocenters. The van der Waals surface area contributed by atoms with E-state index in [2.05, 4.69) is 16.7 Å². The van der Waals surface area contributed by atoms with Crippen LogP contribution in [-0.4, -0.2) is 60.6 Å². The average Bonchev–Trinajstić information content (AvgIpc) is 3.32. The first-order valence-corrected chi connectivity index (χ1v) is 11.3. The van der Waals surface area contributed by atoms with Gasteiger partial charge >= 0.3 is 0 Å². The number of hydrogen-bond acceptors (Lipinski definition) is 7. The molecular weight excluding hydrogens is 394 g/mol. The fourth-order valence-electron chi connectivity index (χ4n) is 3.39. The molecule has 1 aromatic carbocycles. The number of carbonyl (C=O) groups excluding carboxylic acids is 1. The van der Waals surface area contributed by atoms with Crippen molar-refractivity contribution in [3.63, 3.8) is 0 Å². The summed E-state index contributed by atoms with van der Waals surface area (Å²) in [6, 6.07) is 7.10. The van der Waals surface area contributed by atoms with Crippen LogP contribution in [-0.2, 0) is 21.1 Å². The van der Waals surface area contributed by atoms with Crippen LogP contribution in [0.2, 0.25) is 0 Å². The van der Waals surface area contributed by atoms with E-state index in [1.54, 1.807) is 18.1 Å². The van der Waals surface area contributed by atoms with Gasteiger partial charge in [0.1, 0.15) is 5.75 Å². The van der Waals surface area contributed by atoms with Gasteiger partial charge in [-0.25, -0.2) is 8.42 Å². The van der Waals surface area contributed by atoms with Crippen LogP contribution < -0.4 is 4.74 Å². The number of amides is 1. The summed E-state index contributed by atoms with van der Waals surface area (Å²) in [7, 11) is -1.46. The number of benzene rings is 1. The second-order valence-corrected chi connectivity index (χ2v) is 9.22. The van der Waals surface area contributed by atoms with Crippen LogP contribution in [0.15, 0.2) is 41.4 Å². The average molecular weight is 420 g/mol. The van der Waals surface area contributed by atoms with Crippen LogP contribution in [0.3, 0.4) is 0 Å². The van der Waals surface area contributed by atoms with Crippen LogP contribution in [0.25, 0.3) is 11.4 Å². The van der Waals surface area contributed by atoms with Gasteiger partial charge in [0.15, 0.2) is 9.84 Å². The third kappa shape index (κ3) is 5.44. The molecule has 9 heteroatoms. The van der Waals surface area contributed by atoms with E-state index >= 15 is 0 Å². The van der Waals surface area contributed by atoms with Crippen LogP contribution in [0.1, 0.15) is 25.2 Å². The summed E-state index contributed by atoms with van der Waals surface area (Å²) in [5, 5.41) is 3.99. The first kappa shape index (κ1) is 21.0. The summed E-state index contributed by atoms with van der Waals surface area (Å²) >= 11 is 0. The Labute approximate surface area is 170 Å². The van der Waals surface area contributed by atoms with Crippen molar-refractivity contribution in [2.45, 2.75) is 31.7 Å². The fourth-order valence-corrected chi connectivity index (χ4v) is 5.12. The molecule has 2 heterocycles. The summed E-state index contributed by atoms with van der Waals surface area (Å²) in [6.45, 7) is 4.02. The maximum Gasteiger partial charge on any atom is 0.226 e. The van der Waals surface area contributed by atoms with Gasteiger partial charge < -0.3 is 14.2 Å². The van der Waals surface area contributed by atoms with Gasteiger partial charge in [0.05, 0.1) is 18.6 Å². The highest BCUT2D eigenvalue weighted by atomic mass is 32.2. The number of aryl methyl sites for hydroxylation is 1. The van der Waals surface area contributed by atoms with E-state index in [-0.39, 0.29) is 29.9 Å².